The first-order chi connectivity index (χ1) is 12.3. The molecule has 0 spiro atoms. The Labute approximate surface area is 152 Å². The summed E-state index contributed by atoms with van der Waals surface area (Å²) in [7, 11) is 0. The van der Waals surface area contributed by atoms with Crippen LogP contribution in [0, 0.1) is 11.8 Å². The van der Waals surface area contributed by atoms with E-state index in [1.165, 1.54) is 18.4 Å². The lowest BCUT2D eigenvalue weighted by atomic mass is 10.1. The standard InChI is InChI=1S/C24H28O/c1-3-5-7-8-9-21-10-12-22(13-11-21)14-15-23-16-18-24(19-17-23)25-20-6-4-2/h3,10-13,16-19H,1,4-9,20H2,2H3. The van der Waals surface area contributed by atoms with Crippen molar-refractivity contribution in [2.45, 2.75) is 45.4 Å². The van der Waals surface area contributed by atoms with E-state index < -0.39 is 0 Å². The van der Waals surface area contributed by atoms with Gasteiger partial charge in [-0.3, -0.25) is 0 Å². The minimum atomic E-state index is 0.779. The number of allylic oxidation sites excluding steroid dienone is 1. The van der Waals surface area contributed by atoms with Gasteiger partial charge in [0.05, 0.1) is 6.61 Å². The van der Waals surface area contributed by atoms with Gasteiger partial charge in [-0.25, -0.2) is 0 Å². The van der Waals surface area contributed by atoms with Crippen molar-refractivity contribution in [3.05, 3.63) is 77.9 Å². The van der Waals surface area contributed by atoms with Gasteiger partial charge in [0.15, 0.2) is 0 Å². The van der Waals surface area contributed by atoms with Crippen LogP contribution in [0.25, 0.3) is 0 Å². The molecule has 0 fully saturated rings. The van der Waals surface area contributed by atoms with Crippen molar-refractivity contribution in [1.29, 1.82) is 0 Å². The molecule has 0 aliphatic carbocycles. The molecule has 2 aromatic carbocycles. The maximum atomic E-state index is 5.67. The number of rotatable bonds is 9. The van der Waals surface area contributed by atoms with Crippen molar-refractivity contribution in [2.75, 3.05) is 6.61 Å². The first kappa shape index (κ1) is 18.9. The molecule has 0 saturated heterocycles. The van der Waals surface area contributed by atoms with Gasteiger partial charge in [-0.2, -0.15) is 0 Å². The van der Waals surface area contributed by atoms with Crippen LogP contribution in [0.3, 0.4) is 0 Å². The third-order valence-corrected chi connectivity index (χ3v) is 4.05. The average molecular weight is 332 g/mol. The Balaban J connectivity index is 1.86. The van der Waals surface area contributed by atoms with E-state index in [1.807, 2.05) is 30.3 Å². The van der Waals surface area contributed by atoms with Gasteiger partial charge in [-0.15, -0.1) is 6.58 Å². The summed E-state index contributed by atoms with van der Waals surface area (Å²) in [5.41, 5.74) is 3.44. The maximum absolute atomic E-state index is 5.67. The number of aryl methyl sites for hydroxylation is 1. The molecule has 0 saturated carbocycles. The number of benzene rings is 2. The van der Waals surface area contributed by atoms with Gasteiger partial charge in [0.1, 0.15) is 5.75 Å². The van der Waals surface area contributed by atoms with E-state index in [0.29, 0.717) is 0 Å². The lowest BCUT2D eigenvalue weighted by Gasteiger charge is -2.04. The molecule has 0 aliphatic heterocycles. The molecular formula is C24H28O. The Morgan fingerprint density at radius 2 is 1.52 bits per heavy atom. The number of hydrogen-bond donors (Lipinski definition) is 0. The first-order valence-corrected chi connectivity index (χ1v) is 9.26. The second-order valence-electron chi connectivity index (χ2n) is 6.21. The van der Waals surface area contributed by atoms with E-state index in [0.717, 1.165) is 49.2 Å². The second-order valence-corrected chi connectivity index (χ2v) is 6.21. The fraction of sp³-hybridized carbons (Fsp3) is 0.333. The summed E-state index contributed by atoms with van der Waals surface area (Å²) in [4.78, 5) is 0. The summed E-state index contributed by atoms with van der Waals surface area (Å²) in [6.07, 6.45) is 8.88. The van der Waals surface area contributed by atoms with Gasteiger partial charge in [0.25, 0.3) is 0 Å². The summed E-state index contributed by atoms with van der Waals surface area (Å²) < 4.78 is 5.67. The summed E-state index contributed by atoms with van der Waals surface area (Å²) in [5, 5.41) is 0. The third kappa shape index (κ3) is 7.31. The molecule has 0 aromatic heterocycles. The molecule has 0 aliphatic rings. The van der Waals surface area contributed by atoms with Crippen LogP contribution >= 0.6 is 0 Å². The summed E-state index contributed by atoms with van der Waals surface area (Å²) in [6, 6.07) is 16.6. The van der Waals surface area contributed by atoms with Crippen molar-refractivity contribution < 1.29 is 4.74 Å². The van der Waals surface area contributed by atoms with Crippen molar-refractivity contribution in [1.82, 2.24) is 0 Å². The average Bonchev–Trinajstić information content (AvgIpc) is 2.66. The van der Waals surface area contributed by atoms with E-state index in [4.69, 9.17) is 4.74 Å². The van der Waals surface area contributed by atoms with E-state index >= 15 is 0 Å². The van der Waals surface area contributed by atoms with Crippen LogP contribution in [0.4, 0.5) is 0 Å². The zero-order valence-corrected chi connectivity index (χ0v) is 15.3. The zero-order chi connectivity index (χ0) is 17.7. The van der Waals surface area contributed by atoms with Gasteiger partial charge in [0.2, 0.25) is 0 Å². The van der Waals surface area contributed by atoms with Crippen LogP contribution in [0.1, 0.15) is 55.7 Å². The fourth-order valence-corrected chi connectivity index (χ4v) is 2.49. The molecular weight excluding hydrogens is 304 g/mol. The second kappa shape index (κ2) is 11.2. The van der Waals surface area contributed by atoms with Crippen LogP contribution in [0.15, 0.2) is 61.2 Å². The van der Waals surface area contributed by atoms with Gasteiger partial charge in [0, 0.05) is 11.1 Å². The Bertz CT molecular complexity index is 684. The summed E-state index contributed by atoms with van der Waals surface area (Å²) in [5.74, 6) is 7.37. The molecule has 0 atom stereocenters. The molecule has 0 radical (unpaired) electrons. The molecule has 2 aromatic rings. The molecule has 0 unspecified atom stereocenters. The summed E-state index contributed by atoms with van der Waals surface area (Å²) in [6.45, 7) is 6.70. The predicted octanol–water partition coefficient (Wildman–Crippen LogP) is 6.16. The minimum Gasteiger partial charge on any atom is -0.494 e. The van der Waals surface area contributed by atoms with E-state index in [1.54, 1.807) is 0 Å². The largest absolute Gasteiger partial charge is 0.494 e. The van der Waals surface area contributed by atoms with E-state index in [2.05, 4.69) is 49.6 Å². The molecule has 1 heteroatoms. The van der Waals surface area contributed by atoms with Crippen molar-refractivity contribution in [3.8, 4) is 17.6 Å². The van der Waals surface area contributed by atoms with E-state index in [-0.39, 0.29) is 0 Å². The highest BCUT2D eigenvalue weighted by Crippen LogP contribution is 2.13. The number of hydrogen-bond acceptors (Lipinski definition) is 1. The zero-order valence-electron chi connectivity index (χ0n) is 15.3. The third-order valence-electron chi connectivity index (χ3n) is 4.05. The Kier molecular flexibility index (Phi) is 8.42. The van der Waals surface area contributed by atoms with Gasteiger partial charge in [-0.05, 0) is 74.1 Å². The molecule has 25 heavy (non-hydrogen) atoms. The van der Waals surface area contributed by atoms with Crippen LogP contribution < -0.4 is 4.74 Å². The van der Waals surface area contributed by atoms with E-state index in [9.17, 15) is 0 Å². The Morgan fingerprint density at radius 3 is 2.12 bits per heavy atom. The van der Waals surface area contributed by atoms with Crippen LogP contribution in [-0.4, -0.2) is 6.61 Å². The molecule has 130 valence electrons. The molecule has 1 nitrogen and oxygen atoms in total. The van der Waals surface area contributed by atoms with Crippen molar-refractivity contribution in [2.24, 2.45) is 0 Å². The van der Waals surface area contributed by atoms with Gasteiger partial charge < -0.3 is 4.74 Å². The molecule has 0 amide bonds. The maximum Gasteiger partial charge on any atom is 0.119 e. The molecule has 0 heterocycles. The fourth-order valence-electron chi connectivity index (χ4n) is 2.49. The highest BCUT2D eigenvalue weighted by molar-refractivity contribution is 5.44. The van der Waals surface area contributed by atoms with Crippen molar-refractivity contribution >= 4 is 0 Å². The monoisotopic (exact) mass is 332 g/mol. The highest BCUT2D eigenvalue weighted by atomic mass is 16.5. The quantitative estimate of drug-likeness (QED) is 0.303. The highest BCUT2D eigenvalue weighted by Gasteiger charge is 1.95. The predicted molar refractivity (Wildman–Crippen MR) is 107 cm³/mol. The Morgan fingerprint density at radius 1 is 0.880 bits per heavy atom. The van der Waals surface area contributed by atoms with Gasteiger partial charge in [-0.1, -0.05) is 43.4 Å². The molecule has 2 rings (SSSR count). The topological polar surface area (TPSA) is 9.23 Å². The molecule has 0 N–H and O–H groups in total. The first-order valence-electron chi connectivity index (χ1n) is 9.26. The SMILES string of the molecule is C=CCCCCc1ccc(C#Cc2ccc(OCCCC)cc2)cc1. The number of ether oxygens (including phenoxy) is 1. The lowest BCUT2D eigenvalue weighted by molar-refractivity contribution is 0.309. The smallest absolute Gasteiger partial charge is 0.119 e. The minimum absolute atomic E-state index is 0.779. The van der Waals surface area contributed by atoms with Gasteiger partial charge >= 0.3 is 0 Å². The normalized spacial score (nSPS) is 9.96. The summed E-state index contributed by atoms with van der Waals surface area (Å²) >= 11 is 0. The molecule has 0 bridgehead atoms. The number of unbranched alkanes of at least 4 members (excludes halogenated alkanes) is 3. The van der Waals surface area contributed by atoms with Crippen LogP contribution in [-0.2, 0) is 6.42 Å². The van der Waals surface area contributed by atoms with Crippen molar-refractivity contribution in [3.63, 3.8) is 0 Å². The Hall–Kier alpha value is -2.46. The van der Waals surface area contributed by atoms with Crippen LogP contribution in [0.5, 0.6) is 5.75 Å². The van der Waals surface area contributed by atoms with Crippen LogP contribution in [0.2, 0.25) is 0 Å². The lowest BCUT2D eigenvalue weighted by Crippen LogP contribution is -1.95.